The van der Waals surface area contributed by atoms with Crippen LogP contribution < -0.4 is 9.80 Å². The van der Waals surface area contributed by atoms with Crippen LogP contribution in [0.3, 0.4) is 0 Å². The van der Waals surface area contributed by atoms with Crippen molar-refractivity contribution in [3.05, 3.63) is 449 Å². The molecule has 0 N–H and O–H groups in total. The summed E-state index contributed by atoms with van der Waals surface area (Å²) in [5, 5.41) is 9.24. The van der Waals surface area contributed by atoms with Crippen molar-refractivity contribution in [2.75, 3.05) is 9.80 Å². The van der Waals surface area contributed by atoms with Crippen LogP contribution in [0.1, 0.15) is 0 Å². The second kappa shape index (κ2) is 32.0. The van der Waals surface area contributed by atoms with Gasteiger partial charge in [-0.25, -0.2) is 29.9 Å². The monoisotopic (exact) mass is 1630 g/mol. The molecular weight excluding hydrogens is 1560 g/mol. The van der Waals surface area contributed by atoms with Crippen LogP contribution >= 0.6 is 11.3 Å². The molecule has 592 valence electrons. The van der Waals surface area contributed by atoms with Crippen molar-refractivity contribution in [1.82, 2.24) is 39.0 Å². The zero-order chi connectivity index (χ0) is 83.4. The number of thiophene rings is 1. The second-order valence-corrected chi connectivity index (χ2v) is 32.4. The van der Waals surface area contributed by atoms with Gasteiger partial charge in [-0.2, -0.15) is 0 Å². The van der Waals surface area contributed by atoms with Gasteiger partial charge in [-0.3, -0.25) is 0 Å². The molecule has 18 aromatic carbocycles. The Labute approximate surface area is 730 Å². The van der Waals surface area contributed by atoms with Crippen LogP contribution in [-0.2, 0) is 0 Å². The maximum Gasteiger partial charge on any atom is 0.164 e. The lowest BCUT2D eigenvalue weighted by Crippen LogP contribution is -2.09. The third-order valence-corrected chi connectivity index (χ3v) is 24.8. The van der Waals surface area contributed by atoms with Crippen molar-refractivity contribution in [3.8, 4) is 102 Å². The van der Waals surface area contributed by atoms with E-state index in [9.17, 15) is 0 Å². The number of aromatic nitrogens is 8. The first-order valence-electron chi connectivity index (χ1n) is 42.2. The Bertz CT molecular complexity index is 7500. The Hall–Kier alpha value is -16.8. The number of hydrogen-bond donors (Lipinski definition) is 0. The zero-order valence-electron chi connectivity index (χ0n) is 68.0. The van der Waals surface area contributed by atoms with Crippen molar-refractivity contribution in [2.45, 2.75) is 0 Å². The highest BCUT2D eigenvalue weighted by molar-refractivity contribution is 7.25. The van der Waals surface area contributed by atoms with Crippen LogP contribution in [0, 0.1) is 0 Å². The van der Waals surface area contributed by atoms with E-state index in [0.717, 1.165) is 123 Å². The number of rotatable bonds is 16. The molecule has 24 aromatic rings. The molecule has 0 saturated heterocycles. The van der Waals surface area contributed by atoms with E-state index in [2.05, 4.69) is 334 Å². The van der Waals surface area contributed by atoms with E-state index in [0.29, 0.717) is 34.9 Å². The number of para-hydroxylation sites is 6. The summed E-state index contributed by atoms with van der Waals surface area (Å²) in [5.74, 6) is 3.82. The highest BCUT2D eigenvalue weighted by Gasteiger charge is 2.23. The molecule has 6 aromatic heterocycles. The average Bonchev–Trinajstić information content (AvgIpc) is 1.58. The Balaban J connectivity index is 0.000000145. The maximum absolute atomic E-state index is 6.45. The first-order valence-corrected chi connectivity index (χ1v) is 43.0. The Morgan fingerprint density at radius 2 is 0.444 bits per heavy atom. The molecule has 0 amide bonds. The lowest BCUT2D eigenvalue weighted by molar-refractivity contribution is 0.669. The quantitative estimate of drug-likeness (QED) is 0.0935. The van der Waals surface area contributed by atoms with Crippen LogP contribution in [-0.4, -0.2) is 39.0 Å². The third-order valence-electron chi connectivity index (χ3n) is 23.7. The zero-order valence-corrected chi connectivity index (χ0v) is 68.8. The van der Waals surface area contributed by atoms with Gasteiger partial charge in [0.15, 0.2) is 34.9 Å². The number of nitrogens with zero attached hydrogens (tertiary/aromatic N) is 10. The lowest BCUT2D eigenvalue weighted by Gasteiger charge is -2.25. The predicted molar refractivity (Wildman–Crippen MR) is 521 cm³/mol. The van der Waals surface area contributed by atoms with E-state index in [-0.39, 0.29) is 0 Å². The molecule has 0 aliphatic rings. The molecule has 11 nitrogen and oxygen atoms in total. The van der Waals surface area contributed by atoms with Crippen molar-refractivity contribution in [3.63, 3.8) is 0 Å². The number of furan rings is 1. The molecule has 0 aliphatic heterocycles. The highest BCUT2D eigenvalue weighted by Crippen LogP contribution is 2.45. The fourth-order valence-corrected chi connectivity index (χ4v) is 18.7. The maximum atomic E-state index is 6.45. The van der Waals surface area contributed by atoms with Gasteiger partial charge in [-0.1, -0.05) is 267 Å². The van der Waals surface area contributed by atoms with Crippen LogP contribution in [0.25, 0.3) is 188 Å². The molecule has 6 heterocycles. The minimum atomic E-state index is 0.604. The molecule has 0 spiro atoms. The van der Waals surface area contributed by atoms with Crippen LogP contribution in [0.4, 0.5) is 34.1 Å². The first-order chi connectivity index (χ1) is 62.4. The van der Waals surface area contributed by atoms with Crippen molar-refractivity contribution in [1.29, 1.82) is 0 Å². The molecule has 0 bridgehead atoms. The molecule has 0 fully saturated rings. The summed E-state index contributed by atoms with van der Waals surface area (Å²) in [6.07, 6.45) is 0. The minimum Gasteiger partial charge on any atom is -0.456 e. The molecule has 0 radical (unpaired) electrons. The number of fused-ring (bicyclic) bond motifs is 12. The standard InChI is InChI=1S/C57H37N5O.C57H37N5S/c2*1-5-15-39(16-6-1)55-58-56(40-17-7-2-8-18-40)60-57(59-55)42-28-33-53-49(36-42)50-37-46(31-34-54(50)63-53)62-51-24-14-13-23-47(51)48-35-41(27-32-52(48)62)38-25-29-45(30-26-38)61(43-19-9-3-10-20-43)44-21-11-4-12-22-44/h2*1-37H. The molecule has 0 aliphatic carbocycles. The molecular formula is C114H74N10OS. The van der Waals surface area contributed by atoms with Gasteiger partial charge in [0.05, 0.1) is 22.1 Å². The largest absolute Gasteiger partial charge is 0.456 e. The van der Waals surface area contributed by atoms with Crippen molar-refractivity contribution in [2.24, 2.45) is 0 Å². The van der Waals surface area contributed by atoms with E-state index in [1.807, 2.05) is 145 Å². The fraction of sp³-hybridized carbons (Fsp3) is 0. The van der Waals surface area contributed by atoms with Gasteiger partial charge < -0.3 is 23.4 Å². The van der Waals surface area contributed by atoms with Gasteiger partial charge in [0, 0.05) is 131 Å². The summed E-state index contributed by atoms with van der Waals surface area (Å²) in [6, 6.07) is 158. The Morgan fingerprint density at radius 3 is 0.841 bits per heavy atom. The highest BCUT2D eigenvalue weighted by atomic mass is 32.1. The molecule has 0 saturated carbocycles. The van der Waals surface area contributed by atoms with Gasteiger partial charge in [0.25, 0.3) is 0 Å². The van der Waals surface area contributed by atoms with E-state index in [4.69, 9.17) is 34.3 Å². The van der Waals surface area contributed by atoms with Gasteiger partial charge >= 0.3 is 0 Å². The normalized spacial score (nSPS) is 11.5. The van der Waals surface area contributed by atoms with Crippen LogP contribution in [0.2, 0.25) is 0 Å². The predicted octanol–water partition coefficient (Wildman–Crippen LogP) is 30.5. The lowest BCUT2D eigenvalue weighted by atomic mass is 10.0. The molecule has 12 heteroatoms. The van der Waals surface area contributed by atoms with Crippen LogP contribution in [0.15, 0.2) is 453 Å². The smallest absolute Gasteiger partial charge is 0.164 e. The summed E-state index contributed by atoms with van der Waals surface area (Å²) in [4.78, 5) is 34.5. The van der Waals surface area contributed by atoms with E-state index >= 15 is 0 Å². The summed E-state index contributed by atoms with van der Waals surface area (Å²) >= 11 is 1.81. The number of hydrogen-bond acceptors (Lipinski definition) is 10. The van der Waals surface area contributed by atoms with E-state index < -0.39 is 0 Å². The number of benzene rings is 18. The average molecular weight is 1630 g/mol. The van der Waals surface area contributed by atoms with Crippen LogP contribution in [0.5, 0.6) is 0 Å². The Morgan fingerprint density at radius 1 is 0.183 bits per heavy atom. The number of anilines is 6. The molecule has 126 heavy (non-hydrogen) atoms. The SMILES string of the molecule is c1ccc(-c2nc(-c3ccccc3)nc(-c3ccc4oc5ccc(-n6c7ccccc7c7cc(-c8ccc(N(c9ccccc9)c9ccccc9)cc8)ccc76)cc5c4c3)n2)cc1.c1ccc(-c2nc(-c3ccccc3)nc(-c3ccc4sc5ccc(-n6c7ccccc7c7cc(-c8ccc(N(c9ccccc9)c9ccccc9)cc8)ccc76)cc5c4c3)n2)cc1. The summed E-state index contributed by atoms with van der Waals surface area (Å²) in [5.41, 5.74) is 25.4. The van der Waals surface area contributed by atoms with Gasteiger partial charge in [0.2, 0.25) is 0 Å². The molecule has 0 atom stereocenters. The third kappa shape index (κ3) is 13.9. The summed E-state index contributed by atoms with van der Waals surface area (Å²) in [7, 11) is 0. The minimum absolute atomic E-state index is 0.604. The first kappa shape index (κ1) is 74.3. The van der Waals surface area contributed by atoms with Gasteiger partial charge in [0.1, 0.15) is 11.2 Å². The Kier molecular flexibility index (Phi) is 18.8. The topological polar surface area (TPSA) is 107 Å². The fourth-order valence-electron chi connectivity index (χ4n) is 17.6. The molecule has 24 rings (SSSR count). The molecule has 0 unspecified atom stereocenters. The second-order valence-electron chi connectivity index (χ2n) is 31.3. The summed E-state index contributed by atoms with van der Waals surface area (Å²) in [6.45, 7) is 0. The van der Waals surface area contributed by atoms with Gasteiger partial charge in [-0.05, 0) is 204 Å². The summed E-state index contributed by atoms with van der Waals surface area (Å²) < 4.78 is 13.7. The van der Waals surface area contributed by atoms with Crippen molar-refractivity contribution < 1.29 is 4.42 Å². The van der Waals surface area contributed by atoms with E-state index in [1.165, 1.54) is 63.9 Å². The van der Waals surface area contributed by atoms with E-state index in [1.54, 1.807) is 0 Å². The van der Waals surface area contributed by atoms with Crippen molar-refractivity contribution >= 4 is 131 Å². The van der Waals surface area contributed by atoms with Gasteiger partial charge in [-0.15, -0.1) is 11.3 Å².